The highest BCUT2D eigenvalue weighted by atomic mass is 79.9. The Morgan fingerprint density at radius 2 is 1.74 bits per heavy atom. The minimum absolute atomic E-state index is 0.227. The van der Waals surface area contributed by atoms with Gasteiger partial charge in [-0.1, -0.05) is 6.07 Å². The standard InChI is InChI=1S/C16H15BrFN3O2/c17-13-7-12(9-19-10-13)16(23)21-6-2-5-20-15(22)11-3-1-4-14(18)8-11/h1,3-4,7-10H,2,5-6H2,(H,20,22)(H,21,23). The number of rotatable bonds is 6. The van der Waals surface area contributed by atoms with Gasteiger partial charge in [-0.2, -0.15) is 0 Å². The molecule has 1 aromatic carbocycles. The number of aromatic nitrogens is 1. The first-order valence-corrected chi connectivity index (χ1v) is 7.78. The average Bonchev–Trinajstić information content (AvgIpc) is 2.54. The Labute approximate surface area is 141 Å². The molecule has 0 spiro atoms. The zero-order valence-electron chi connectivity index (χ0n) is 12.2. The number of halogens is 2. The van der Waals surface area contributed by atoms with Gasteiger partial charge < -0.3 is 10.6 Å². The molecular weight excluding hydrogens is 365 g/mol. The number of nitrogens with one attached hydrogen (secondary N) is 2. The molecule has 0 saturated heterocycles. The molecule has 2 N–H and O–H groups in total. The van der Waals surface area contributed by atoms with Crippen LogP contribution in [0.1, 0.15) is 27.1 Å². The first-order chi connectivity index (χ1) is 11.1. The average molecular weight is 380 g/mol. The number of carbonyl (C=O) groups is 2. The number of amides is 2. The lowest BCUT2D eigenvalue weighted by Crippen LogP contribution is -2.30. The van der Waals surface area contributed by atoms with Crippen LogP contribution in [0.4, 0.5) is 4.39 Å². The molecule has 2 aromatic rings. The zero-order chi connectivity index (χ0) is 16.7. The zero-order valence-corrected chi connectivity index (χ0v) is 13.8. The summed E-state index contributed by atoms with van der Waals surface area (Å²) in [6.07, 6.45) is 3.64. The topological polar surface area (TPSA) is 71.1 Å². The Hall–Kier alpha value is -2.28. The molecule has 0 saturated carbocycles. The van der Waals surface area contributed by atoms with Gasteiger partial charge in [-0.3, -0.25) is 14.6 Å². The molecule has 0 aliphatic heterocycles. The van der Waals surface area contributed by atoms with Crippen LogP contribution in [-0.4, -0.2) is 29.9 Å². The summed E-state index contributed by atoms with van der Waals surface area (Å²) in [7, 11) is 0. The number of nitrogens with zero attached hydrogens (tertiary/aromatic N) is 1. The third-order valence-corrected chi connectivity index (χ3v) is 3.41. The highest BCUT2D eigenvalue weighted by Crippen LogP contribution is 2.09. The van der Waals surface area contributed by atoms with Gasteiger partial charge in [-0.15, -0.1) is 0 Å². The van der Waals surface area contributed by atoms with E-state index in [1.54, 1.807) is 18.3 Å². The highest BCUT2D eigenvalue weighted by molar-refractivity contribution is 9.10. The van der Waals surface area contributed by atoms with Gasteiger partial charge in [0.1, 0.15) is 5.82 Å². The molecule has 0 bridgehead atoms. The maximum Gasteiger partial charge on any atom is 0.252 e. The Kier molecular flexibility index (Phi) is 6.22. The van der Waals surface area contributed by atoms with Crippen LogP contribution >= 0.6 is 15.9 Å². The van der Waals surface area contributed by atoms with Gasteiger partial charge in [0.2, 0.25) is 0 Å². The molecule has 120 valence electrons. The molecule has 0 aliphatic carbocycles. The number of pyridine rings is 1. The maximum atomic E-state index is 13.0. The van der Waals surface area contributed by atoms with E-state index in [2.05, 4.69) is 31.5 Å². The lowest BCUT2D eigenvalue weighted by molar-refractivity contribution is 0.0951. The minimum Gasteiger partial charge on any atom is -0.352 e. The van der Waals surface area contributed by atoms with Crippen molar-refractivity contribution in [3.8, 4) is 0 Å². The number of benzene rings is 1. The second-order valence-corrected chi connectivity index (χ2v) is 5.68. The minimum atomic E-state index is -0.451. The van der Waals surface area contributed by atoms with Gasteiger partial charge in [0.05, 0.1) is 5.56 Å². The van der Waals surface area contributed by atoms with Gasteiger partial charge >= 0.3 is 0 Å². The van der Waals surface area contributed by atoms with Crippen LogP contribution in [0.15, 0.2) is 47.2 Å². The molecule has 1 aromatic heterocycles. The van der Waals surface area contributed by atoms with E-state index in [-0.39, 0.29) is 17.4 Å². The molecule has 0 radical (unpaired) electrons. The van der Waals surface area contributed by atoms with Gasteiger partial charge in [-0.25, -0.2) is 4.39 Å². The summed E-state index contributed by atoms with van der Waals surface area (Å²) in [5, 5.41) is 5.41. The first-order valence-electron chi connectivity index (χ1n) is 6.99. The summed E-state index contributed by atoms with van der Waals surface area (Å²) in [6, 6.07) is 7.16. The SMILES string of the molecule is O=C(NCCCNC(=O)c1cncc(Br)c1)c1cccc(F)c1. The Morgan fingerprint density at radius 3 is 2.39 bits per heavy atom. The van der Waals surface area contributed by atoms with Crippen LogP contribution in [0.2, 0.25) is 0 Å². The van der Waals surface area contributed by atoms with Crippen molar-refractivity contribution in [3.05, 3.63) is 64.1 Å². The fourth-order valence-electron chi connectivity index (χ4n) is 1.86. The molecule has 7 heteroatoms. The molecule has 1 heterocycles. The molecule has 0 fully saturated rings. The summed E-state index contributed by atoms with van der Waals surface area (Å²) < 4.78 is 13.7. The van der Waals surface area contributed by atoms with Crippen molar-refractivity contribution in [1.29, 1.82) is 0 Å². The van der Waals surface area contributed by atoms with Gasteiger partial charge in [0.25, 0.3) is 11.8 Å². The molecule has 0 atom stereocenters. The van der Waals surface area contributed by atoms with Crippen molar-refractivity contribution in [2.45, 2.75) is 6.42 Å². The molecular formula is C16H15BrFN3O2. The van der Waals surface area contributed by atoms with E-state index in [0.29, 0.717) is 25.1 Å². The summed E-state index contributed by atoms with van der Waals surface area (Å²) in [5.74, 6) is -1.02. The monoisotopic (exact) mass is 379 g/mol. The van der Waals surface area contributed by atoms with Crippen LogP contribution in [0.3, 0.4) is 0 Å². The number of hydrogen-bond donors (Lipinski definition) is 2. The lowest BCUT2D eigenvalue weighted by Gasteiger charge is -2.07. The molecule has 5 nitrogen and oxygen atoms in total. The second kappa shape index (κ2) is 8.38. The third-order valence-electron chi connectivity index (χ3n) is 2.98. The molecule has 2 rings (SSSR count). The van der Waals surface area contributed by atoms with Crippen LogP contribution in [-0.2, 0) is 0 Å². The van der Waals surface area contributed by atoms with Crippen molar-refractivity contribution in [3.63, 3.8) is 0 Å². The van der Waals surface area contributed by atoms with Gasteiger partial charge in [-0.05, 0) is 46.6 Å². The molecule has 23 heavy (non-hydrogen) atoms. The van der Waals surface area contributed by atoms with Crippen LogP contribution in [0.5, 0.6) is 0 Å². The molecule has 0 unspecified atom stereocenters. The summed E-state index contributed by atoms with van der Waals surface area (Å²) in [5.41, 5.74) is 0.734. The summed E-state index contributed by atoms with van der Waals surface area (Å²) >= 11 is 3.25. The predicted octanol–water partition coefficient (Wildman–Crippen LogP) is 2.53. The summed E-state index contributed by atoms with van der Waals surface area (Å²) in [4.78, 5) is 27.5. The fraction of sp³-hybridized carbons (Fsp3) is 0.188. The first kappa shape index (κ1) is 17.1. The van der Waals surface area contributed by atoms with E-state index in [1.165, 1.54) is 24.4 Å². The number of carbonyl (C=O) groups excluding carboxylic acids is 2. The van der Waals surface area contributed by atoms with Gasteiger partial charge in [0, 0.05) is 35.5 Å². The van der Waals surface area contributed by atoms with Crippen LogP contribution in [0.25, 0.3) is 0 Å². The van der Waals surface area contributed by atoms with E-state index in [1.807, 2.05) is 0 Å². The lowest BCUT2D eigenvalue weighted by atomic mass is 10.2. The largest absolute Gasteiger partial charge is 0.352 e. The molecule has 0 aliphatic rings. The number of hydrogen-bond acceptors (Lipinski definition) is 3. The van der Waals surface area contributed by atoms with E-state index in [0.717, 1.165) is 4.47 Å². The van der Waals surface area contributed by atoms with Crippen LogP contribution < -0.4 is 10.6 Å². The van der Waals surface area contributed by atoms with Crippen molar-refractivity contribution in [2.24, 2.45) is 0 Å². The predicted molar refractivity (Wildman–Crippen MR) is 87.6 cm³/mol. The fourth-order valence-corrected chi connectivity index (χ4v) is 2.23. The second-order valence-electron chi connectivity index (χ2n) is 4.77. The smallest absolute Gasteiger partial charge is 0.252 e. The highest BCUT2D eigenvalue weighted by Gasteiger charge is 2.07. The van der Waals surface area contributed by atoms with Crippen molar-refractivity contribution in [1.82, 2.24) is 15.6 Å². The normalized spacial score (nSPS) is 10.2. The van der Waals surface area contributed by atoms with E-state index in [4.69, 9.17) is 0 Å². The maximum absolute atomic E-state index is 13.0. The quantitative estimate of drug-likeness (QED) is 0.757. The Balaban J connectivity index is 1.69. The van der Waals surface area contributed by atoms with Gasteiger partial charge in [0.15, 0.2) is 0 Å². The third kappa shape index (κ3) is 5.45. The van der Waals surface area contributed by atoms with Crippen molar-refractivity contribution < 1.29 is 14.0 Å². The van der Waals surface area contributed by atoms with E-state index in [9.17, 15) is 14.0 Å². The van der Waals surface area contributed by atoms with Crippen LogP contribution in [0, 0.1) is 5.82 Å². The molecule has 2 amide bonds. The van der Waals surface area contributed by atoms with Crippen molar-refractivity contribution >= 4 is 27.7 Å². The Morgan fingerprint density at radius 1 is 1.04 bits per heavy atom. The van der Waals surface area contributed by atoms with Crippen molar-refractivity contribution in [2.75, 3.05) is 13.1 Å². The Bertz CT molecular complexity index is 650. The van der Waals surface area contributed by atoms with E-state index < -0.39 is 5.82 Å². The summed E-state index contributed by atoms with van der Waals surface area (Å²) in [6.45, 7) is 0.793. The van der Waals surface area contributed by atoms with E-state index >= 15 is 0 Å².